The molecule has 37 heavy (non-hydrogen) atoms. The number of aromatic nitrogens is 2. The van der Waals surface area contributed by atoms with Gasteiger partial charge in [-0.05, 0) is 24.8 Å². The molecule has 0 radical (unpaired) electrons. The number of hydrogen-bond acceptors (Lipinski definition) is 3. The predicted octanol–water partition coefficient (Wildman–Crippen LogP) is 10.9. The Morgan fingerprint density at radius 1 is 0.514 bits per heavy atom. The van der Waals surface area contributed by atoms with E-state index in [4.69, 9.17) is 4.74 Å². The maximum absolute atomic E-state index is 5.87. The summed E-state index contributed by atoms with van der Waals surface area (Å²) in [6.07, 6.45) is 32.1. The first-order valence-electron chi connectivity index (χ1n) is 15.9. The minimum atomic E-state index is 0.757. The molecule has 2 rings (SSSR count). The van der Waals surface area contributed by atoms with E-state index in [0.717, 1.165) is 30.2 Å². The third kappa shape index (κ3) is 15.8. The molecule has 3 heteroatoms. The number of hydrogen-bond donors (Lipinski definition) is 0. The fraction of sp³-hybridized carbons (Fsp3) is 0.706. The lowest BCUT2D eigenvalue weighted by molar-refractivity contribution is 0.302. The first-order valence-corrected chi connectivity index (χ1v) is 15.9. The fourth-order valence-electron chi connectivity index (χ4n) is 4.96. The topological polar surface area (TPSA) is 35.0 Å². The SMILES string of the molecule is CCCCCCCCCCCCCOc1cnc(-c2ccc(CCCCCCCCCCC)cc2)nc1. The van der Waals surface area contributed by atoms with Gasteiger partial charge in [0.15, 0.2) is 11.6 Å². The molecule has 0 aliphatic heterocycles. The van der Waals surface area contributed by atoms with Crippen LogP contribution in [0, 0.1) is 0 Å². The second-order valence-corrected chi connectivity index (χ2v) is 10.9. The standard InChI is InChI=1S/C34H56N2O/c1-3-5-7-9-11-13-14-16-18-20-22-28-37-33-29-35-34(36-30-33)32-26-24-31(25-27-32)23-21-19-17-15-12-10-8-6-4-2/h24-27,29-30H,3-23,28H2,1-2H3. The zero-order chi connectivity index (χ0) is 26.2. The highest BCUT2D eigenvalue weighted by Gasteiger charge is 2.03. The van der Waals surface area contributed by atoms with Gasteiger partial charge in [0, 0.05) is 5.56 Å². The van der Waals surface area contributed by atoms with Crippen LogP contribution in [0.5, 0.6) is 5.75 Å². The first-order chi connectivity index (χ1) is 18.3. The minimum absolute atomic E-state index is 0.757. The molecule has 0 fully saturated rings. The molecule has 0 saturated carbocycles. The van der Waals surface area contributed by atoms with E-state index in [0.29, 0.717) is 0 Å². The van der Waals surface area contributed by atoms with Crippen molar-refractivity contribution < 1.29 is 4.74 Å². The van der Waals surface area contributed by atoms with Gasteiger partial charge in [-0.3, -0.25) is 0 Å². The molecule has 0 saturated heterocycles. The molecule has 0 N–H and O–H groups in total. The molecule has 3 nitrogen and oxygen atoms in total. The van der Waals surface area contributed by atoms with Crippen LogP contribution in [0.25, 0.3) is 11.4 Å². The quantitative estimate of drug-likeness (QED) is 0.132. The number of rotatable bonds is 24. The van der Waals surface area contributed by atoms with Crippen LogP contribution in [0.3, 0.4) is 0 Å². The van der Waals surface area contributed by atoms with Crippen molar-refractivity contribution in [2.75, 3.05) is 6.61 Å². The summed E-state index contributed by atoms with van der Waals surface area (Å²) in [6.45, 7) is 5.32. The van der Waals surface area contributed by atoms with Crippen LogP contribution >= 0.6 is 0 Å². The monoisotopic (exact) mass is 508 g/mol. The van der Waals surface area contributed by atoms with Crippen molar-refractivity contribution >= 4 is 0 Å². The van der Waals surface area contributed by atoms with Gasteiger partial charge in [0.25, 0.3) is 0 Å². The maximum atomic E-state index is 5.87. The number of aryl methyl sites for hydroxylation is 1. The lowest BCUT2D eigenvalue weighted by atomic mass is 10.0. The predicted molar refractivity (Wildman–Crippen MR) is 160 cm³/mol. The van der Waals surface area contributed by atoms with E-state index in [2.05, 4.69) is 48.1 Å². The lowest BCUT2D eigenvalue weighted by Crippen LogP contribution is -1.99. The highest BCUT2D eigenvalue weighted by molar-refractivity contribution is 5.55. The maximum Gasteiger partial charge on any atom is 0.159 e. The summed E-state index contributed by atoms with van der Waals surface area (Å²) in [5.74, 6) is 1.55. The Labute approximate surface area is 229 Å². The van der Waals surface area contributed by atoms with E-state index in [-0.39, 0.29) is 0 Å². The van der Waals surface area contributed by atoms with E-state index in [9.17, 15) is 0 Å². The Hall–Kier alpha value is -1.90. The van der Waals surface area contributed by atoms with Crippen LogP contribution in [-0.4, -0.2) is 16.6 Å². The molecule has 0 atom stereocenters. The van der Waals surface area contributed by atoms with Gasteiger partial charge in [0.1, 0.15) is 0 Å². The Balaban J connectivity index is 1.51. The van der Waals surface area contributed by atoms with Crippen molar-refractivity contribution in [3.8, 4) is 17.1 Å². The van der Waals surface area contributed by atoms with E-state index in [1.54, 1.807) is 0 Å². The zero-order valence-corrected chi connectivity index (χ0v) is 24.3. The smallest absolute Gasteiger partial charge is 0.159 e. The normalized spacial score (nSPS) is 11.2. The van der Waals surface area contributed by atoms with E-state index < -0.39 is 0 Å². The van der Waals surface area contributed by atoms with Gasteiger partial charge in [-0.25, -0.2) is 9.97 Å². The number of nitrogens with zero attached hydrogens (tertiary/aromatic N) is 2. The number of unbranched alkanes of at least 4 members (excludes halogenated alkanes) is 18. The van der Waals surface area contributed by atoms with E-state index in [1.807, 2.05) is 12.4 Å². The summed E-state index contributed by atoms with van der Waals surface area (Å²) in [4.78, 5) is 9.08. The third-order valence-electron chi connectivity index (χ3n) is 7.43. The summed E-state index contributed by atoms with van der Waals surface area (Å²) < 4.78 is 5.87. The molecule has 0 aliphatic carbocycles. The number of benzene rings is 1. The summed E-state index contributed by atoms with van der Waals surface area (Å²) in [5.41, 5.74) is 2.49. The molecule has 2 aromatic rings. The molecule has 1 aromatic carbocycles. The highest BCUT2D eigenvalue weighted by Crippen LogP contribution is 2.19. The number of ether oxygens (including phenoxy) is 1. The van der Waals surface area contributed by atoms with Crippen molar-refractivity contribution in [1.82, 2.24) is 9.97 Å². The van der Waals surface area contributed by atoms with Gasteiger partial charge in [0.05, 0.1) is 19.0 Å². The molecule has 0 unspecified atom stereocenters. The molecular weight excluding hydrogens is 452 g/mol. The molecule has 0 aliphatic rings. The van der Waals surface area contributed by atoms with Crippen LogP contribution in [-0.2, 0) is 6.42 Å². The average Bonchev–Trinajstić information content (AvgIpc) is 2.93. The Kier molecular flexibility index (Phi) is 18.7. The molecule has 208 valence electrons. The zero-order valence-electron chi connectivity index (χ0n) is 24.3. The molecule has 0 spiro atoms. The molecule has 0 bridgehead atoms. The van der Waals surface area contributed by atoms with Gasteiger partial charge in [-0.2, -0.15) is 0 Å². The highest BCUT2D eigenvalue weighted by atomic mass is 16.5. The van der Waals surface area contributed by atoms with Gasteiger partial charge in [0.2, 0.25) is 0 Å². The summed E-state index contributed by atoms with van der Waals surface area (Å²) in [7, 11) is 0. The largest absolute Gasteiger partial charge is 0.490 e. The Morgan fingerprint density at radius 3 is 1.43 bits per heavy atom. The Bertz CT molecular complexity index is 756. The molecular formula is C34H56N2O. The fourth-order valence-corrected chi connectivity index (χ4v) is 4.96. The van der Waals surface area contributed by atoms with Crippen molar-refractivity contribution in [3.63, 3.8) is 0 Å². The van der Waals surface area contributed by atoms with Gasteiger partial charge >= 0.3 is 0 Å². The van der Waals surface area contributed by atoms with Crippen molar-refractivity contribution in [1.29, 1.82) is 0 Å². The molecule has 1 aromatic heterocycles. The molecule has 1 heterocycles. The van der Waals surface area contributed by atoms with Gasteiger partial charge < -0.3 is 4.74 Å². The van der Waals surface area contributed by atoms with Crippen molar-refractivity contribution in [3.05, 3.63) is 42.2 Å². The van der Waals surface area contributed by atoms with Gasteiger partial charge in [-0.1, -0.05) is 154 Å². The summed E-state index contributed by atoms with van der Waals surface area (Å²) in [5, 5.41) is 0. The summed E-state index contributed by atoms with van der Waals surface area (Å²) >= 11 is 0. The van der Waals surface area contributed by atoms with Crippen LogP contribution in [0.4, 0.5) is 0 Å². The second-order valence-electron chi connectivity index (χ2n) is 10.9. The third-order valence-corrected chi connectivity index (χ3v) is 7.43. The molecule has 0 amide bonds. The average molecular weight is 509 g/mol. The first kappa shape index (κ1) is 31.3. The lowest BCUT2D eigenvalue weighted by Gasteiger charge is -2.07. The van der Waals surface area contributed by atoms with Crippen LogP contribution in [0.15, 0.2) is 36.7 Å². The summed E-state index contributed by atoms with van der Waals surface area (Å²) in [6, 6.07) is 8.79. The van der Waals surface area contributed by atoms with Crippen LogP contribution in [0.2, 0.25) is 0 Å². The minimum Gasteiger partial charge on any atom is -0.490 e. The van der Waals surface area contributed by atoms with Crippen LogP contribution in [0.1, 0.15) is 148 Å². The van der Waals surface area contributed by atoms with Crippen LogP contribution < -0.4 is 4.74 Å². The van der Waals surface area contributed by atoms with Gasteiger partial charge in [-0.15, -0.1) is 0 Å². The Morgan fingerprint density at radius 2 is 0.946 bits per heavy atom. The van der Waals surface area contributed by atoms with Crippen molar-refractivity contribution in [2.24, 2.45) is 0 Å². The van der Waals surface area contributed by atoms with E-state index >= 15 is 0 Å². The van der Waals surface area contributed by atoms with E-state index in [1.165, 1.54) is 134 Å². The van der Waals surface area contributed by atoms with Crippen molar-refractivity contribution in [2.45, 2.75) is 149 Å². The second kappa shape index (κ2) is 22.1.